The van der Waals surface area contributed by atoms with Crippen molar-refractivity contribution in [3.63, 3.8) is 0 Å². The summed E-state index contributed by atoms with van der Waals surface area (Å²) < 4.78 is 1.94. The van der Waals surface area contributed by atoms with Crippen LogP contribution in [0.1, 0.15) is 41.9 Å². The molecule has 7 nitrogen and oxygen atoms in total. The summed E-state index contributed by atoms with van der Waals surface area (Å²) in [7, 11) is 0. The van der Waals surface area contributed by atoms with Gasteiger partial charge in [-0.25, -0.2) is 0 Å². The maximum absolute atomic E-state index is 11.4. The van der Waals surface area contributed by atoms with E-state index in [2.05, 4.69) is 16.8 Å². The highest BCUT2D eigenvalue weighted by molar-refractivity contribution is 7.99. The summed E-state index contributed by atoms with van der Waals surface area (Å²) in [5, 5.41) is 20.4. The summed E-state index contributed by atoms with van der Waals surface area (Å²) in [6.45, 7) is 5.69. The van der Waals surface area contributed by atoms with Gasteiger partial charge in [0.05, 0.1) is 9.82 Å². The molecule has 1 aromatic carbocycles. The van der Waals surface area contributed by atoms with Crippen molar-refractivity contribution in [1.29, 1.82) is 0 Å². The third-order valence-electron chi connectivity index (χ3n) is 3.76. The van der Waals surface area contributed by atoms with Crippen LogP contribution in [-0.4, -0.2) is 25.5 Å². The Morgan fingerprint density at radius 2 is 2.25 bits per heavy atom. The number of nitrogens with zero attached hydrogens (tertiary/aromatic N) is 4. The number of Topliss-reactive ketones (excluding diaryl/α,β-unsaturated/α-hetero) is 1. The number of hydrogen-bond donors (Lipinski definition) is 0. The highest BCUT2D eigenvalue weighted by atomic mass is 32.2. The molecule has 1 fully saturated rings. The smallest absolute Gasteiger partial charge is 0.284 e. The molecule has 0 bridgehead atoms. The lowest BCUT2D eigenvalue weighted by molar-refractivity contribution is -0.387. The number of allylic oxidation sites excluding steroid dienone is 1. The second-order valence-corrected chi connectivity index (χ2v) is 6.62. The van der Waals surface area contributed by atoms with Gasteiger partial charge in [0.1, 0.15) is 5.82 Å². The Kier molecular flexibility index (Phi) is 4.48. The average Bonchev–Trinajstić information content (AvgIpc) is 3.31. The van der Waals surface area contributed by atoms with Gasteiger partial charge in [0.25, 0.3) is 5.69 Å². The minimum Gasteiger partial charge on any atom is -0.302 e. The highest BCUT2D eigenvalue weighted by Crippen LogP contribution is 2.41. The number of carbonyl (C=O) groups is 1. The van der Waals surface area contributed by atoms with Crippen molar-refractivity contribution < 1.29 is 9.72 Å². The van der Waals surface area contributed by atoms with E-state index in [1.54, 1.807) is 18.2 Å². The fraction of sp³-hybridized carbons (Fsp3) is 0.312. The van der Waals surface area contributed by atoms with Gasteiger partial charge >= 0.3 is 0 Å². The quantitative estimate of drug-likeness (QED) is 0.330. The van der Waals surface area contributed by atoms with E-state index in [9.17, 15) is 14.9 Å². The molecule has 0 spiro atoms. The van der Waals surface area contributed by atoms with Crippen molar-refractivity contribution in [2.45, 2.75) is 42.3 Å². The number of aromatic nitrogens is 3. The Hall–Kier alpha value is -2.48. The zero-order valence-electron chi connectivity index (χ0n) is 13.1. The van der Waals surface area contributed by atoms with Crippen molar-refractivity contribution in [3.8, 4) is 0 Å². The summed E-state index contributed by atoms with van der Waals surface area (Å²) in [5.41, 5.74) is 0.214. The van der Waals surface area contributed by atoms with Gasteiger partial charge in [-0.15, -0.1) is 16.8 Å². The van der Waals surface area contributed by atoms with Crippen LogP contribution >= 0.6 is 11.8 Å². The van der Waals surface area contributed by atoms with Gasteiger partial charge < -0.3 is 4.57 Å². The molecule has 124 valence electrons. The first kappa shape index (κ1) is 16.4. The third-order valence-corrected chi connectivity index (χ3v) is 4.81. The molecular formula is C16H16N4O3S. The average molecular weight is 344 g/mol. The van der Waals surface area contributed by atoms with Crippen molar-refractivity contribution in [2.75, 3.05) is 0 Å². The maximum atomic E-state index is 11.4. The molecular weight excluding hydrogens is 328 g/mol. The van der Waals surface area contributed by atoms with Gasteiger partial charge in [0, 0.05) is 24.1 Å². The number of benzene rings is 1. The molecule has 0 unspecified atom stereocenters. The van der Waals surface area contributed by atoms with E-state index < -0.39 is 4.92 Å². The van der Waals surface area contributed by atoms with Crippen molar-refractivity contribution in [1.82, 2.24) is 14.8 Å². The van der Waals surface area contributed by atoms with Gasteiger partial charge in [0.15, 0.2) is 10.9 Å². The van der Waals surface area contributed by atoms with Crippen LogP contribution in [0.4, 0.5) is 5.69 Å². The highest BCUT2D eigenvalue weighted by Gasteiger charge is 2.30. The van der Waals surface area contributed by atoms with Gasteiger partial charge in [0.2, 0.25) is 0 Å². The molecule has 1 aliphatic carbocycles. The number of carbonyl (C=O) groups excluding carboxylic acids is 1. The predicted molar refractivity (Wildman–Crippen MR) is 89.4 cm³/mol. The number of rotatable bonds is 7. The van der Waals surface area contributed by atoms with Crippen LogP contribution in [0, 0.1) is 10.1 Å². The zero-order valence-corrected chi connectivity index (χ0v) is 14.0. The van der Waals surface area contributed by atoms with E-state index >= 15 is 0 Å². The molecule has 8 heteroatoms. The Morgan fingerprint density at radius 1 is 1.50 bits per heavy atom. The van der Waals surface area contributed by atoms with E-state index in [4.69, 9.17) is 0 Å². The molecule has 0 atom stereocenters. The van der Waals surface area contributed by atoms with Crippen LogP contribution in [0.2, 0.25) is 0 Å². The molecule has 0 amide bonds. The lowest BCUT2D eigenvalue weighted by atomic mass is 10.1. The largest absolute Gasteiger partial charge is 0.302 e. The van der Waals surface area contributed by atoms with Gasteiger partial charge in [-0.2, -0.15) is 0 Å². The van der Waals surface area contributed by atoms with E-state index in [0.717, 1.165) is 18.7 Å². The summed E-state index contributed by atoms with van der Waals surface area (Å²) in [5.74, 6) is 1.11. The molecule has 1 saturated carbocycles. The predicted octanol–water partition coefficient (Wildman–Crippen LogP) is 3.60. The van der Waals surface area contributed by atoms with Crippen LogP contribution in [-0.2, 0) is 6.54 Å². The molecule has 1 aliphatic rings. The molecule has 24 heavy (non-hydrogen) atoms. The molecule has 1 heterocycles. The normalized spacial score (nSPS) is 13.7. The SMILES string of the molecule is C=CCn1c(Sc2ccc(C(C)=O)cc2[N+](=O)[O-])nnc1C1CC1. The Bertz CT molecular complexity index is 827. The van der Waals surface area contributed by atoms with E-state index in [1.165, 1.54) is 24.8 Å². The van der Waals surface area contributed by atoms with Gasteiger partial charge in [-0.1, -0.05) is 6.08 Å². The second kappa shape index (κ2) is 6.56. The second-order valence-electron chi connectivity index (χ2n) is 5.61. The van der Waals surface area contributed by atoms with Crippen LogP contribution < -0.4 is 0 Å². The number of nitro groups is 1. The summed E-state index contributed by atoms with van der Waals surface area (Å²) in [6, 6.07) is 4.48. The van der Waals surface area contributed by atoms with Gasteiger partial charge in [-0.05, 0) is 43.7 Å². The Balaban J connectivity index is 1.97. The minimum atomic E-state index is -0.481. The van der Waals surface area contributed by atoms with E-state index in [0.29, 0.717) is 28.1 Å². The standard InChI is InChI=1S/C16H16N4O3S/c1-3-8-19-15(11-4-5-11)17-18-16(19)24-14-7-6-12(10(2)21)9-13(14)20(22)23/h3,6-7,9,11H,1,4-5,8H2,2H3. The van der Waals surface area contributed by atoms with Crippen LogP contribution in [0.5, 0.6) is 0 Å². The monoisotopic (exact) mass is 344 g/mol. The Labute approximate surface area is 142 Å². The molecule has 2 aromatic rings. The Morgan fingerprint density at radius 3 is 2.83 bits per heavy atom. The zero-order chi connectivity index (χ0) is 17.3. The molecule has 0 saturated heterocycles. The lowest BCUT2D eigenvalue weighted by Crippen LogP contribution is -2.03. The van der Waals surface area contributed by atoms with Crippen molar-refractivity contribution in [3.05, 3.63) is 52.4 Å². The van der Waals surface area contributed by atoms with Crippen LogP contribution in [0.15, 0.2) is 40.9 Å². The lowest BCUT2D eigenvalue weighted by Gasteiger charge is -2.07. The van der Waals surface area contributed by atoms with Gasteiger partial charge in [-0.3, -0.25) is 14.9 Å². The molecule has 3 rings (SSSR count). The molecule has 0 aliphatic heterocycles. The third kappa shape index (κ3) is 3.23. The number of ketones is 1. The van der Waals surface area contributed by atoms with Crippen molar-refractivity contribution >= 4 is 23.2 Å². The van der Waals surface area contributed by atoms with Crippen LogP contribution in [0.25, 0.3) is 0 Å². The summed E-state index contributed by atoms with van der Waals surface area (Å²) >= 11 is 1.18. The number of hydrogen-bond acceptors (Lipinski definition) is 6. The van der Waals surface area contributed by atoms with E-state index in [1.807, 2.05) is 4.57 Å². The van der Waals surface area contributed by atoms with Crippen molar-refractivity contribution in [2.24, 2.45) is 0 Å². The molecule has 1 aromatic heterocycles. The topological polar surface area (TPSA) is 90.9 Å². The summed E-state index contributed by atoms with van der Waals surface area (Å²) in [4.78, 5) is 22.7. The maximum Gasteiger partial charge on any atom is 0.284 e. The molecule has 0 radical (unpaired) electrons. The van der Waals surface area contributed by atoms with Crippen LogP contribution in [0.3, 0.4) is 0 Å². The fourth-order valence-corrected chi connectivity index (χ4v) is 3.31. The fourth-order valence-electron chi connectivity index (χ4n) is 2.38. The first-order valence-corrected chi connectivity index (χ1v) is 8.34. The van der Waals surface area contributed by atoms with E-state index in [-0.39, 0.29) is 11.5 Å². The first-order chi connectivity index (χ1) is 11.5. The number of nitro benzene ring substituents is 1. The first-order valence-electron chi connectivity index (χ1n) is 7.52. The summed E-state index contributed by atoms with van der Waals surface area (Å²) in [6.07, 6.45) is 3.94. The molecule has 0 N–H and O–H groups in total. The minimum absolute atomic E-state index is 0.103.